The van der Waals surface area contributed by atoms with Gasteiger partial charge in [0.15, 0.2) is 0 Å². The topological polar surface area (TPSA) is 78.8 Å². The van der Waals surface area contributed by atoms with Crippen molar-refractivity contribution in [2.24, 2.45) is 16.9 Å². The maximum Gasteiger partial charge on any atom is 0.243 e. The van der Waals surface area contributed by atoms with Gasteiger partial charge in [-0.15, -0.1) is 0 Å². The molecule has 1 fully saturated rings. The molecule has 0 aromatic heterocycles. The molecular formula is C18H27N3O3S. The first-order valence-electron chi connectivity index (χ1n) is 8.69. The number of benzene rings is 1. The lowest BCUT2D eigenvalue weighted by atomic mass is 9.98. The highest BCUT2D eigenvalue weighted by molar-refractivity contribution is 7.89. The number of aryl methyl sites for hydroxylation is 1. The van der Waals surface area contributed by atoms with Crippen molar-refractivity contribution in [1.29, 1.82) is 0 Å². The van der Waals surface area contributed by atoms with Gasteiger partial charge in [-0.3, -0.25) is 4.79 Å². The smallest absolute Gasteiger partial charge is 0.243 e. The van der Waals surface area contributed by atoms with Crippen LogP contribution in [0, 0.1) is 18.8 Å². The Morgan fingerprint density at radius 3 is 2.44 bits per heavy atom. The van der Waals surface area contributed by atoms with E-state index in [1.807, 2.05) is 6.92 Å². The number of hydrogen-bond donors (Lipinski definition) is 1. The van der Waals surface area contributed by atoms with Gasteiger partial charge in [-0.2, -0.15) is 9.41 Å². The molecule has 1 N–H and O–H groups in total. The maximum absolute atomic E-state index is 12.7. The summed E-state index contributed by atoms with van der Waals surface area (Å²) in [5, 5.41) is 3.95. The quantitative estimate of drug-likeness (QED) is 0.621. The molecule has 138 valence electrons. The predicted molar refractivity (Wildman–Crippen MR) is 98.8 cm³/mol. The molecule has 1 amide bonds. The van der Waals surface area contributed by atoms with Gasteiger partial charge >= 0.3 is 0 Å². The summed E-state index contributed by atoms with van der Waals surface area (Å²) in [5.41, 5.74) is 3.58. The molecule has 0 saturated carbocycles. The Kier molecular flexibility index (Phi) is 6.72. The summed E-state index contributed by atoms with van der Waals surface area (Å²) >= 11 is 0. The molecule has 7 heteroatoms. The average Bonchev–Trinajstić information content (AvgIpc) is 2.59. The molecule has 1 aromatic rings. The van der Waals surface area contributed by atoms with Gasteiger partial charge in [-0.25, -0.2) is 13.8 Å². The minimum absolute atomic E-state index is 0.132. The second-order valence-corrected chi connectivity index (χ2v) is 8.85. The third kappa shape index (κ3) is 5.37. The summed E-state index contributed by atoms with van der Waals surface area (Å²) in [5.74, 6) is 0.170. The van der Waals surface area contributed by atoms with E-state index >= 15 is 0 Å². The summed E-state index contributed by atoms with van der Waals surface area (Å²) in [6, 6.07) is 6.85. The number of piperidine rings is 1. The van der Waals surface area contributed by atoms with Crippen LogP contribution >= 0.6 is 0 Å². The van der Waals surface area contributed by atoms with Crippen LogP contribution in [0.3, 0.4) is 0 Å². The minimum atomic E-state index is -3.49. The Labute approximate surface area is 150 Å². The number of nitrogens with one attached hydrogen (secondary N) is 1. The number of hydrazone groups is 1. The Balaban J connectivity index is 1.89. The Bertz CT molecular complexity index is 704. The minimum Gasteiger partial charge on any atom is -0.273 e. The number of carbonyl (C=O) groups excluding carboxylic acids is 1. The van der Waals surface area contributed by atoms with Gasteiger partial charge in [-0.1, -0.05) is 31.5 Å². The van der Waals surface area contributed by atoms with Gasteiger partial charge < -0.3 is 0 Å². The zero-order valence-corrected chi connectivity index (χ0v) is 15.9. The number of hydrogen-bond acceptors (Lipinski definition) is 4. The van der Waals surface area contributed by atoms with Gasteiger partial charge in [0.05, 0.1) is 4.90 Å². The van der Waals surface area contributed by atoms with E-state index in [0.29, 0.717) is 36.7 Å². The second-order valence-electron chi connectivity index (χ2n) is 6.91. The van der Waals surface area contributed by atoms with Crippen molar-refractivity contribution in [3.05, 3.63) is 29.8 Å². The third-order valence-electron chi connectivity index (χ3n) is 4.33. The van der Waals surface area contributed by atoms with Gasteiger partial charge in [0.1, 0.15) is 0 Å². The highest BCUT2D eigenvalue weighted by atomic mass is 32.2. The van der Waals surface area contributed by atoms with Crippen LogP contribution < -0.4 is 5.43 Å². The zero-order valence-electron chi connectivity index (χ0n) is 15.1. The first-order valence-corrected chi connectivity index (χ1v) is 10.1. The normalized spacial score (nSPS) is 17.3. The first kappa shape index (κ1) is 19.6. The molecule has 1 aliphatic heterocycles. The number of rotatable bonds is 6. The molecule has 1 heterocycles. The Hall–Kier alpha value is -1.73. The van der Waals surface area contributed by atoms with Crippen LogP contribution in [-0.2, 0) is 14.8 Å². The van der Waals surface area contributed by atoms with Gasteiger partial charge in [-0.05, 0) is 44.2 Å². The van der Waals surface area contributed by atoms with E-state index in [2.05, 4.69) is 24.4 Å². The standard InChI is InChI=1S/C18H27N3O3S/c1-14(2)8-11-19-20-18(22)16-9-12-21(13-10-16)25(23,24)17-6-4-15(3)5-7-17/h4-7,11,14,16H,8-10,12-13H2,1-3H3,(H,20,22)/b19-11-. The van der Waals surface area contributed by atoms with E-state index in [4.69, 9.17) is 0 Å². The summed E-state index contributed by atoms with van der Waals surface area (Å²) in [7, 11) is -3.49. The van der Waals surface area contributed by atoms with Crippen molar-refractivity contribution >= 4 is 22.1 Å². The molecule has 2 rings (SSSR count). The molecule has 1 aromatic carbocycles. The molecule has 0 radical (unpaired) electrons. The van der Waals surface area contributed by atoms with E-state index in [-0.39, 0.29) is 11.8 Å². The van der Waals surface area contributed by atoms with E-state index in [1.165, 1.54) is 4.31 Å². The van der Waals surface area contributed by atoms with Crippen molar-refractivity contribution in [2.45, 2.75) is 44.9 Å². The fraction of sp³-hybridized carbons (Fsp3) is 0.556. The maximum atomic E-state index is 12.7. The lowest BCUT2D eigenvalue weighted by Gasteiger charge is -2.30. The molecule has 25 heavy (non-hydrogen) atoms. The summed E-state index contributed by atoms with van der Waals surface area (Å²) in [6.45, 7) is 6.79. The summed E-state index contributed by atoms with van der Waals surface area (Å²) < 4.78 is 26.8. The molecule has 1 saturated heterocycles. The molecule has 0 bridgehead atoms. The van der Waals surface area contributed by atoms with Gasteiger partial charge in [0.2, 0.25) is 15.9 Å². The third-order valence-corrected chi connectivity index (χ3v) is 6.24. The van der Waals surface area contributed by atoms with Crippen molar-refractivity contribution < 1.29 is 13.2 Å². The Morgan fingerprint density at radius 2 is 1.88 bits per heavy atom. The summed E-state index contributed by atoms with van der Waals surface area (Å²) in [4.78, 5) is 12.4. The fourth-order valence-electron chi connectivity index (χ4n) is 2.68. The van der Waals surface area contributed by atoms with Crippen LogP contribution in [0.5, 0.6) is 0 Å². The molecule has 1 aliphatic rings. The molecule has 0 aliphatic carbocycles. The van der Waals surface area contributed by atoms with E-state index in [1.54, 1.807) is 30.5 Å². The van der Waals surface area contributed by atoms with Crippen molar-refractivity contribution in [2.75, 3.05) is 13.1 Å². The average molecular weight is 365 g/mol. The second kappa shape index (κ2) is 8.58. The highest BCUT2D eigenvalue weighted by Gasteiger charge is 2.31. The van der Waals surface area contributed by atoms with Crippen LogP contribution in [0.15, 0.2) is 34.3 Å². The monoisotopic (exact) mass is 365 g/mol. The molecule has 0 atom stereocenters. The van der Waals surface area contributed by atoms with Gasteiger partial charge in [0, 0.05) is 25.2 Å². The number of nitrogens with zero attached hydrogens (tertiary/aromatic N) is 2. The zero-order chi connectivity index (χ0) is 18.4. The van der Waals surface area contributed by atoms with Crippen molar-refractivity contribution in [1.82, 2.24) is 9.73 Å². The van der Waals surface area contributed by atoms with Crippen LogP contribution in [0.1, 0.15) is 38.7 Å². The number of amides is 1. The molecular weight excluding hydrogens is 338 g/mol. The number of carbonyl (C=O) groups is 1. The van der Waals surface area contributed by atoms with Crippen molar-refractivity contribution in [3.63, 3.8) is 0 Å². The fourth-order valence-corrected chi connectivity index (χ4v) is 4.15. The molecule has 6 nitrogen and oxygen atoms in total. The summed E-state index contributed by atoms with van der Waals surface area (Å²) in [6.07, 6.45) is 3.54. The van der Waals surface area contributed by atoms with Gasteiger partial charge in [0.25, 0.3) is 0 Å². The van der Waals surface area contributed by atoms with Crippen LogP contribution in [0.25, 0.3) is 0 Å². The highest BCUT2D eigenvalue weighted by Crippen LogP contribution is 2.24. The molecule has 0 unspecified atom stereocenters. The van der Waals surface area contributed by atoms with Crippen LogP contribution in [0.4, 0.5) is 0 Å². The lowest BCUT2D eigenvalue weighted by molar-refractivity contribution is -0.126. The van der Waals surface area contributed by atoms with E-state index in [9.17, 15) is 13.2 Å². The van der Waals surface area contributed by atoms with Crippen molar-refractivity contribution in [3.8, 4) is 0 Å². The first-order chi connectivity index (χ1) is 11.8. The Morgan fingerprint density at radius 1 is 1.28 bits per heavy atom. The number of sulfonamides is 1. The molecule has 0 spiro atoms. The van der Waals surface area contributed by atoms with E-state index < -0.39 is 10.0 Å². The largest absolute Gasteiger partial charge is 0.273 e. The predicted octanol–water partition coefficient (Wildman–Crippen LogP) is 2.54. The SMILES string of the molecule is Cc1ccc(S(=O)(=O)N2CCC(C(=O)N/N=C\CC(C)C)CC2)cc1. The van der Waals surface area contributed by atoms with Crippen LogP contribution in [0.2, 0.25) is 0 Å². The lowest BCUT2D eigenvalue weighted by Crippen LogP contribution is -2.42. The van der Waals surface area contributed by atoms with E-state index in [0.717, 1.165) is 12.0 Å². The van der Waals surface area contributed by atoms with Crippen LogP contribution in [-0.4, -0.2) is 37.9 Å².